The van der Waals surface area contributed by atoms with Gasteiger partial charge in [-0.15, -0.1) is 11.8 Å². The minimum absolute atomic E-state index is 0.00361. The fourth-order valence-electron chi connectivity index (χ4n) is 8.93. The second kappa shape index (κ2) is 14.7. The first-order chi connectivity index (χ1) is 30.5. The third kappa shape index (κ3) is 5.89. The molecule has 0 spiro atoms. The van der Waals surface area contributed by atoms with E-state index in [9.17, 15) is 28.8 Å². The summed E-state index contributed by atoms with van der Waals surface area (Å²) in [5.74, 6) is -4.38. The van der Waals surface area contributed by atoms with E-state index in [-0.39, 0.29) is 60.8 Å². The highest BCUT2D eigenvalue weighted by Gasteiger charge is 2.45. The van der Waals surface area contributed by atoms with Gasteiger partial charge >= 0.3 is 0 Å². The Hall–Kier alpha value is -6.69. The molecule has 0 saturated carbocycles. The van der Waals surface area contributed by atoms with Crippen molar-refractivity contribution in [3.8, 4) is 0 Å². The molecular weight excluding hydrogens is 877 g/mol. The van der Waals surface area contributed by atoms with Gasteiger partial charge in [-0.2, -0.15) is 0 Å². The maximum atomic E-state index is 14.6. The van der Waals surface area contributed by atoms with Gasteiger partial charge in [0.25, 0.3) is 23.6 Å². The van der Waals surface area contributed by atoms with Crippen LogP contribution in [0.25, 0.3) is 32.4 Å². The van der Waals surface area contributed by atoms with E-state index in [1.54, 1.807) is 54.6 Å². The zero-order chi connectivity index (χ0) is 43.4. The molecule has 1 aliphatic carbocycles. The summed E-state index contributed by atoms with van der Waals surface area (Å²) in [7, 11) is 0. The summed E-state index contributed by atoms with van der Waals surface area (Å²) < 4.78 is 0. The Bertz CT molecular complexity index is 3360. The Morgan fingerprint density at radius 1 is 0.556 bits per heavy atom. The minimum Gasteiger partial charge on any atom is -0.293 e. The summed E-state index contributed by atoms with van der Waals surface area (Å²) >= 11 is 21.8. The van der Waals surface area contributed by atoms with Crippen molar-refractivity contribution in [3.63, 3.8) is 0 Å². The van der Waals surface area contributed by atoms with Crippen LogP contribution in [0.3, 0.4) is 0 Å². The van der Waals surface area contributed by atoms with E-state index < -0.39 is 41.1 Å². The minimum atomic E-state index is -1.32. The highest BCUT2D eigenvalue weighted by molar-refractivity contribution is 7.98. The molecule has 0 atom stereocenters. The molecule has 0 saturated heterocycles. The van der Waals surface area contributed by atoms with E-state index in [1.165, 1.54) is 17.8 Å². The summed E-state index contributed by atoms with van der Waals surface area (Å²) in [6.07, 6.45) is 0. The summed E-state index contributed by atoms with van der Waals surface area (Å²) in [5, 5.41) is 3.09. The van der Waals surface area contributed by atoms with Crippen LogP contribution in [-0.4, -0.2) is 45.1 Å². The molecule has 3 heterocycles. The molecule has 0 radical (unpaired) electrons. The lowest BCUT2D eigenvalue weighted by molar-refractivity contribution is 0.0597. The van der Waals surface area contributed by atoms with Gasteiger partial charge in [-0.3, -0.25) is 33.7 Å². The number of ketones is 2. The lowest BCUT2D eigenvalue weighted by Crippen LogP contribution is -2.39. The van der Waals surface area contributed by atoms with Crippen LogP contribution in [-0.2, 0) is 12.3 Å². The number of anilines is 1. The van der Waals surface area contributed by atoms with Crippen LogP contribution >= 0.6 is 46.6 Å². The average Bonchev–Trinajstić information content (AvgIpc) is 3.71. The third-order valence-corrected chi connectivity index (χ3v) is 14.6. The van der Waals surface area contributed by atoms with E-state index in [1.807, 2.05) is 66.7 Å². The largest absolute Gasteiger partial charge is 0.293 e. The van der Waals surface area contributed by atoms with Crippen LogP contribution in [0.5, 0.6) is 0 Å². The van der Waals surface area contributed by atoms with Crippen molar-refractivity contribution in [2.45, 2.75) is 23.1 Å². The molecule has 0 unspecified atom stereocenters. The second-order valence-corrected chi connectivity index (χ2v) is 17.5. The van der Waals surface area contributed by atoms with Crippen molar-refractivity contribution in [1.82, 2.24) is 9.88 Å². The van der Waals surface area contributed by atoms with E-state index >= 15 is 0 Å². The van der Waals surface area contributed by atoms with Crippen molar-refractivity contribution < 1.29 is 28.8 Å². The number of imide groups is 2. The van der Waals surface area contributed by atoms with E-state index in [0.29, 0.717) is 38.1 Å². The first-order valence-electron chi connectivity index (χ1n) is 19.7. The van der Waals surface area contributed by atoms with Crippen LogP contribution in [0, 0.1) is 0 Å². The Kier molecular flexibility index (Phi) is 9.15. The molecule has 8 aromatic rings. The van der Waals surface area contributed by atoms with Crippen LogP contribution in [0.4, 0.5) is 5.69 Å². The number of amides is 4. The molecule has 9 nitrogen and oxygen atoms in total. The molecule has 63 heavy (non-hydrogen) atoms. The molecule has 11 rings (SSSR count). The fourth-order valence-corrected chi connectivity index (χ4v) is 11.0. The van der Waals surface area contributed by atoms with Crippen molar-refractivity contribution >= 4 is 120 Å². The Labute approximate surface area is 377 Å². The number of thioether (sulfide) groups is 1. The Morgan fingerprint density at radius 3 is 1.78 bits per heavy atom. The quantitative estimate of drug-likeness (QED) is 0.0671. The van der Waals surface area contributed by atoms with Gasteiger partial charge < -0.3 is 0 Å². The van der Waals surface area contributed by atoms with Crippen molar-refractivity contribution in [1.29, 1.82) is 0 Å². The number of pyridine rings is 1. The lowest BCUT2D eigenvalue weighted by atomic mass is 9.93. The second-order valence-electron chi connectivity index (χ2n) is 15.4. The van der Waals surface area contributed by atoms with Gasteiger partial charge in [-0.1, -0.05) is 126 Å². The molecule has 1 aromatic heterocycles. The molecule has 304 valence electrons. The number of benzene rings is 7. The Morgan fingerprint density at radius 2 is 1.14 bits per heavy atom. The Balaban J connectivity index is 1.04. The summed E-state index contributed by atoms with van der Waals surface area (Å²) in [5.41, 5.74) is 2.48. The number of nitrogens with zero attached hydrogens (tertiary/aromatic N) is 3. The number of halogens is 3. The number of carbonyl (C=O) groups excluding carboxylic acids is 6. The standard InChI is InChI=1S/C50H26Cl3N3O6S/c51-40-38-39(41(52)46(42(40)53)63-23-24-8-2-1-3-9-24)50(62)56(49(38)61)35-19-16-28(22-55-47(59)30-14-6-12-25-13-7-15-31(36(25)30)48(55)60)29-17-18-34(54-43(29)35)37-44(57)32-20-26-10-4-5-11-27(26)21-33(32)45(37)58/h1-21,37H,22-23H2. The van der Waals surface area contributed by atoms with Crippen LogP contribution < -0.4 is 4.90 Å². The van der Waals surface area contributed by atoms with Gasteiger partial charge in [0.1, 0.15) is 5.92 Å². The van der Waals surface area contributed by atoms with Gasteiger partial charge in [-0.25, -0.2) is 9.88 Å². The first-order valence-corrected chi connectivity index (χ1v) is 21.8. The number of hydrogen-bond donors (Lipinski definition) is 0. The van der Waals surface area contributed by atoms with Crippen molar-refractivity contribution in [2.24, 2.45) is 0 Å². The maximum absolute atomic E-state index is 14.6. The number of aromatic nitrogens is 1. The number of rotatable bonds is 7. The van der Waals surface area contributed by atoms with Gasteiger partial charge in [0.15, 0.2) is 11.6 Å². The van der Waals surface area contributed by atoms with Gasteiger partial charge in [0.05, 0.1) is 49.6 Å². The highest BCUT2D eigenvalue weighted by Crippen LogP contribution is 2.49. The fraction of sp³-hybridized carbons (Fsp3) is 0.0600. The molecule has 13 heteroatoms. The van der Waals surface area contributed by atoms with Gasteiger partial charge in [0, 0.05) is 43.7 Å². The SMILES string of the molecule is O=C1c2cc3ccccc3cc2C(=O)C1c1ccc2c(CN3C(=O)c4cccc5cccc(c45)C3=O)ccc(N3C(=O)c4c(Cl)c(Cl)c(SCc5ccccc5)c(Cl)c4C3=O)c2n1. The topological polar surface area (TPSA) is 122 Å². The maximum Gasteiger partial charge on any atom is 0.267 e. The van der Waals surface area contributed by atoms with E-state index in [0.717, 1.165) is 31.5 Å². The molecule has 7 aromatic carbocycles. The van der Waals surface area contributed by atoms with E-state index in [4.69, 9.17) is 39.8 Å². The third-order valence-electron chi connectivity index (χ3n) is 12.0. The molecule has 4 amide bonds. The summed E-state index contributed by atoms with van der Waals surface area (Å²) in [4.78, 5) is 92.9. The van der Waals surface area contributed by atoms with Gasteiger partial charge in [0.2, 0.25) is 0 Å². The monoisotopic (exact) mass is 901 g/mol. The van der Waals surface area contributed by atoms with Crippen molar-refractivity contribution in [2.75, 3.05) is 4.90 Å². The highest BCUT2D eigenvalue weighted by atomic mass is 35.5. The molecule has 0 bridgehead atoms. The number of fused-ring (bicyclic) bond motifs is 4. The average molecular weight is 903 g/mol. The molecular formula is C50H26Cl3N3O6S. The zero-order valence-corrected chi connectivity index (χ0v) is 35.5. The van der Waals surface area contributed by atoms with E-state index in [2.05, 4.69) is 0 Å². The number of carbonyl (C=O) groups is 6. The van der Waals surface area contributed by atoms with Crippen LogP contribution in [0.1, 0.15) is 84.9 Å². The predicted molar refractivity (Wildman–Crippen MR) is 244 cm³/mol. The van der Waals surface area contributed by atoms with Gasteiger partial charge in [-0.05, 0) is 63.7 Å². The molecule has 2 aliphatic heterocycles. The first kappa shape index (κ1) is 39.2. The normalized spacial score (nSPS) is 14.8. The zero-order valence-electron chi connectivity index (χ0n) is 32.4. The smallest absolute Gasteiger partial charge is 0.267 e. The number of hydrogen-bond acceptors (Lipinski definition) is 8. The predicted octanol–water partition coefficient (Wildman–Crippen LogP) is 11.6. The molecule has 3 aliphatic rings. The molecule has 0 N–H and O–H groups in total. The lowest BCUT2D eigenvalue weighted by Gasteiger charge is -2.28. The molecule has 0 fully saturated rings. The van der Waals surface area contributed by atoms with Crippen LogP contribution in [0.2, 0.25) is 15.1 Å². The number of Topliss-reactive ketones (excluding diaryl/α,β-unsaturated/α-hetero) is 2. The summed E-state index contributed by atoms with van der Waals surface area (Å²) in [6, 6.07) is 37.2. The summed E-state index contributed by atoms with van der Waals surface area (Å²) in [6.45, 7) is -0.211. The van der Waals surface area contributed by atoms with Crippen molar-refractivity contribution in [3.05, 3.63) is 193 Å². The van der Waals surface area contributed by atoms with Crippen LogP contribution in [0.15, 0.2) is 132 Å².